The van der Waals surface area contributed by atoms with Crippen LogP contribution in [0.5, 0.6) is 5.75 Å². The van der Waals surface area contributed by atoms with E-state index in [0.717, 1.165) is 30.8 Å². The molecule has 4 heteroatoms. The van der Waals surface area contributed by atoms with Gasteiger partial charge < -0.3 is 10.1 Å². The van der Waals surface area contributed by atoms with Gasteiger partial charge in [0.25, 0.3) is 0 Å². The molecule has 0 amide bonds. The minimum Gasteiger partial charge on any atom is -0.497 e. The van der Waals surface area contributed by atoms with E-state index in [1.807, 2.05) is 19.1 Å². The SMILES string of the molecule is COc1ccc(CC[C@H](C)NCc2nc(C)cs2)cc1. The number of thiazole rings is 1. The summed E-state index contributed by atoms with van der Waals surface area (Å²) in [5.74, 6) is 0.916. The van der Waals surface area contributed by atoms with Crippen LogP contribution in [-0.4, -0.2) is 18.1 Å². The van der Waals surface area contributed by atoms with Crippen LogP contribution in [0.1, 0.15) is 29.6 Å². The summed E-state index contributed by atoms with van der Waals surface area (Å²) in [7, 11) is 1.70. The maximum absolute atomic E-state index is 5.17. The molecule has 1 heterocycles. The van der Waals surface area contributed by atoms with Crippen molar-refractivity contribution in [1.29, 1.82) is 0 Å². The lowest BCUT2D eigenvalue weighted by Gasteiger charge is -2.12. The van der Waals surface area contributed by atoms with Crippen molar-refractivity contribution in [1.82, 2.24) is 10.3 Å². The first-order valence-corrected chi connectivity index (χ1v) is 7.82. The van der Waals surface area contributed by atoms with Gasteiger partial charge in [-0.1, -0.05) is 12.1 Å². The van der Waals surface area contributed by atoms with Crippen molar-refractivity contribution in [2.45, 2.75) is 39.3 Å². The molecule has 0 fully saturated rings. The minimum atomic E-state index is 0.487. The summed E-state index contributed by atoms with van der Waals surface area (Å²) >= 11 is 1.72. The molecule has 1 N–H and O–H groups in total. The second-order valence-electron chi connectivity index (χ2n) is 5.05. The second kappa shape index (κ2) is 7.41. The quantitative estimate of drug-likeness (QED) is 0.846. The molecule has 3 nitrogen and oxygen atoms in total. The van der Waals surface area contributed by atoms with Crippen molar-refractivity contribution in [2.24, 2.45) is 0 Å². The predicted octanol–water partition coefficient (Wildman–Crippen LogP) is 3.57. The van der Waals surface area contributed by atoms with Gasteiger partial charge in [0.2, 0.25) is 0 Å². The molecule has 108 valence electrons. The van der Waals surface area contributed by atoms with E-state index in [9.17, 15) is 0 Å². The first-order valence-electron chi connectivity index (χ1n) is 6.94. The van der Waals surface area contributed by atoms with E-state index in [0.29, 0.717) is 6.04 Å². The highest BCUT2D eigenvalue weighted by atomic mass is 32.1. The number of methoxy groups -OCH3 is 1. The highest BCUT2D eigenvalue weighted by Crippen LogP contribution is 2.13. The van der Waals surface area contributed by atoms with Crippen LogP contribution in [0.2, 0.25) is 0 Å². The van der Waals surface area contributed by atoms with Gasteiger partial charge in [-0.05, 0) is 44.4 Å². The van der Waals surface area contributed by atoms with Crippen LogP contribution in [0.3, 0.4) is 0 Å². The molecule has 0 saturated heterocycles. The van der Waals surface area contributed by atoms with Crippen LogP contribution in [-0.2, 0) is 13.0 Å². The number of rotatable bonds is 7. The van der Waals surface area contributed by atoms with Gasteiger partial charge in [-0.25, -0.2) is 4.98 Å². The second-order valence-corrected chi connectivity index (χ2v) is 5.99. The molecule has 0 aliphatic carbocycles. The van der Waals surface area contributed by atoms with Gasteiger partial charge in [-0.2, -0.15) is 0 Å². The van der Waals surface area contributed by atoms with E-state index in [1.54, 1.807) is 18.4 Å². The zero-order valence-electron chi connectivity index (χ0n) is 12.3. The van der Waals surface area contributed by atoms with Crippen molar-refractivity contribution in [3.63, 3.8) is 0 Å². The Morgan fingerprint density at radius 2 is 2.05 bits per heavy atom. The molecule has 2 rings (SSSR count). The summed E-state index contributed by atoms with van der Waals surface area (Å²) in [4.78, 5) is 4.46. The molecule has 20 heavy (non-hydrogen) atoms. The molecular formula is C16H22N2OS. The number of benzene rings is 1. The molecule has 0 spiro atoms. The summed E-state index contributed by atoms with van der Waals surface area (Å²) in [5.41, 5.74) is 2.46. The summed E-state index contributed by atoms with van der Waals surface area (Å²) in [5, 5.41) is 6.79. The summed E-state index contributed by atoms with van der Waals surface area (Å²) in [6.07, 6.45) is 2.20. The fraction of sp³-hybridized carbons (Fsp3) is 0.438. The lowest BCUT2D eigenvalue weighted by Crippen LogP contribution is -2.25. The third-order valence-electron chi connectivity index (χ3n) is 3.29. The van der Waals surface area contributed by atoms with Crippen molar-refractivity contribution >= 4 is 11.3 Å². The van der Waals surface area contributed by atoms with Crippen molar-refractivity contribution in [2.75, 3.05) is 7.11 Å². The number of nitrogens with one attached hydrogen (secondary N) is 1. The Labute approximate surface area is 125 Å². The highest BCUT2D eigenvalue weighted by Gasteiger charge is 2.04. The van der Waals surface area contributed by atoms with Crippen molar-refractivity contribution in [3.8, 4) is 5.75 Å². The van der Waals surface area contributed by atoms with E-state index in [1.165, 1.54) is 10.6 Å². The Kier molecular flexibility index (Phi) is 5.56. The van der Waals surface area contributed by atoms with Gasteiger partial charge >= 0.3 is 0 Å². The molecule has 0 radical (unpaired) electrons. The molecule has 1 aromatic heterocycles. The van der Waals surface area contributed by atoms with Crippen molar-refractivity contribution in [3.05, 3.63) is 45.9 Å². The van der Waals surface area contributed by atoms with Gasteiger partial charge in [0, 0.05) is 23.7 Å². The van der Waals surface area contributed by atoms with E-state index < -0.39 is 0 Å². The molecule has 0 bridgehead atoms. The lowest BCUT2D eigenvalue weighted by atomic mass is 10.1. The molecule has 0 aliphatic rings. The maximum Gasteiger partial charge on any atom is 0.118 e. The average molecular weight is 290 g/mol. The number of hydrogen-bond acceptors (Lipinski definition) is 4. The number of aryl methyl sites for hydroxylation is 2. The number of aromatic nitrogens is 1. The normalized spacial score (nSPS) is 12.3. The van der Waals surface area contributed by atoms with Crippen molar-refractivity contribution < 1.29 is 4.74 Å². The summed E-state index contributed by atoms with van der Waals surface area (Å²) in [6.45, 7) is 5.12. The van der Waals surface area contributed by atoms with Crippen LogP contribution >= 0.6 is 11.3 Å². The van der Waals surface area contributed by atoms with Crippen LogP contribution in [0, 0.1) is 6.92 Å². The Bertz CT molecular complexity index is 522. The monoisotopic (exact) mass is 290 g/mol. The zero-order chi connectivity index (χ0) is 14.4. The number of hydrogen-bond donors (Lipinski definition) is 1. The van der Waals surface area contributed by atoms with Crippen LogP contribution in [0.4, 0.5) is 0 Å². The van der Waals surface area contributed by atoms with E-state index >= 15 is 0 Å². The molecule has 1 aromatic carbocycles. The Hall–Kier alpha value is -1.39. The Morgan fingerprint density at radius 1 is 1.30 bits per heavy atom. The van der Waals surface area contributed by atoms with E-state index in [2.05, 4.69) is 34.7 Å². The third kappa shape index (κ3) is 4.62. The molecule has 0 aliphatic heterocycles. The zero-order valence-corrected chi connectivity index (χ0v) is 13.2. The summed E-state index contributed by atoms with van der Waals surface area (Å²) in [6, 6.07) is 8.80. The fourth-order valence-electron chi connectivity index (χ4n) is 2.02. The Balaban J connectivity index is 1.72. The van der Waals surface area contributed by atoms with Gasteiger partial charge in [0.1, 0.15) is 10.8 Å². The maximum atomic E-state index is 5.17. The fourth-order valence-corrected chi connectivity index (χ4v) is 2.75. The molecule has 1 atom stereocenters. The van der Waals surface area contributed by atoms with Gasteiger partial charge in [-0.3, -0.25) is 0 Å². The summed E-state index contributed by atoms with van der Waals surface area (Å²) < 4.78 is 5.17. The van der Waals surface area contributed by atoms with E-state index in [4.69, 9.17) is 4.74 Å². The number of ether oxygens (including phenoxy) is 1. The first kappa shape index (κ1) is 15.0. The molecule has 0 saturated carbocycles. The van der Waals surface area contributed by atoms with Gasteiger partial charge in [0.15, 0.2) is 0 Å². The highest BCUT2D eigenvalue weighted by molar-refractivity contribution is 7.09. The first-order chi connectivity index (χ1) is 9.67. The van der Waals surface area contributed by atoms with Crippen LogP contribution in [0.15, 0.2) is 29.6 Å². The molecule has 0 unspecified atom stereocenters. The smallest absolute Gasteiger partial charge is 0.118 e. The minimum absolute atomic E-state index is 0.487. The van der Waals surface area contributed by atoms with Gasteiger partial charge in [0.05, 0.1) is 7.11 Å². The Morgan fingerprint density at radius 3 is 2.65 bits per heavy atom. The van der Waals surface area contributed by atoms with Crippen LogP contribution < -0.4 is 10.1 Å². The predicted molar refractivity (Wildman–Crippen MR) is 84.5 cm³/mol. The topological polar surface area (TPSA) is 34.1 Å². The average Bonchev–Trinajstić information content (AvgIpc) is 2.89. The van der Waals surface area contributed by atoms with E-state index in [-0.39, 0.29) is 0 Å². The van der Waals surface area contributed by atoms with Gasteiger partial charge in [-0.15, -0.1) is 11.3 Å². The standard InChI is InChI=1S/C16H22N2OS/c1-12(17-10-16-18-13(2)11-20-16)4-5-14-6-8-15(19-3)9-7-14/h6-9,11-12,17H,4-5,10H2,1-3H3/t12-/m0/s1. The number of nitrogens with zero attached hydrogens (tertiary/aromatic N) is 1. The molecule has 2 aromatic rings. The largest absolute Gasteiger partial charge is 0.497 e. The van der Waals surface area contributed by atoms with Crippen LogP contribution in [0.25, 0.3) is 0 Å². The lowest BCUT2D eigenvalue weighted by molar-refractivity contribution is 0.414. The molecular weight excluding hydrogens is 268 g/mol. The third-order valence-corrected chi connectivity index (χ3v) is 4.26.